The molecule has 0 aliphatic carbocycles. The van der Waals surface area contributed by atoms with Crippen molar-refractivity contribution in [3.8, 4) is 5.75 Å². The van der Waals surface area contributed by atoms with Crippen LogP contribution in [-0.2, 0) is 35.2 Å². The van der Waals surface area contributed by atoms with Crippen LogP contribution < -0.4 is 27.4 Å². The lowest BCUT2D eigenvalue weighted by Crippen LogP contribution is -2.57. The highest BCUT2D eigenvalue weighted by molar-refractivity contribution is 5.95. The van der Waals surface area contributed by atoms with E-state index in [0.29, 0.717) is 24.9 Å². The molecule has 4 unspecified atom stereocenters. The summed E-state index contributed by atoms with van der Waals surface area (Å²) in [5.74, 6) is -7.16. The highest BCUT2D eigenvalue weighted by atomic mass is 16.4. The zero-order valence-electron chi connectivity index (χ0n) is 21.2. The van der Waals surface area contributed by atoms with E-state index in [4.69, 9.17) is 16.6 Å². The van der Waals surface area contributed by atoms with Crippen molar-refractivity contribution in [3.63, 3.8) is 0 Å². The van der Waals surface area contributed by atoms with Crippen LogP contribution in [0.5, 0.6) is 5.75 Å². The van der Waals surface area contributed by atoms with Crippen LogP contribution in [0, 0.1) is 0 Å². The smallest absolute Gasteiger partial charge is 0.326 e. The van der Waals surface area contributed by atoms with Crippen molar-refractivity contribution in [1.82, 2.24) is 16.0 Å². The van der Waals surface area contributed by atoms with Gasteiger partial charge in [0.2, 0.25) is 17.7 Å². The summed E-state index contributed by atoms with van der Waals surface area (Å²) < 4.78 is 0. The van der Waals surface area contributed by atoms with Crippen molar-refractivity contribution in [2.24, 2.45) is 11.5 Å². The molecule has 1 rings (SSSR count). The molecule has 39 heavy (non-hydrogen) atoms. The fraction of sp³-hybridized carbons (Fsp3) is 0.500. The first-order valence-electron chi connectivity index (χ1n) is 12.1. The molecule has 0 aromatic heterocycles. The maximum absolute atomic E-state index is 12.9. The molecule has 0 heterocycles. The second kappa shape index (κ2) is 16.6. The second-order valence-corrected chi connectivity index (χ2v) is 8.81. The predicted octanol–water partition coefficient (Wildman–Crippen LogP) is -1.73. The fourth-order valence-electron chi connectivity index (χ4n) is 3.45. The standard InChI is InChI=1S/C24H35N5O10/c25-10-2-1-3-15(26)21(35)28-17(12-20(33)34)23(37)27-16(8-9-19(31)32)22(36)29-18(24(38)39)11-13-4-6-14(30)7-5-13/h4-7,15-18,30H,1-3,8-12,25-26H2,(H,27,37)(H,28,35)(H,29,36)(H,31,32)(H,33,34)(H,38,39). The molecule has 0 aliphatic rings. The number of carboxylic acids is 3. The molecular weight excluding hydrogens is 518 g/mol. The van der Waals surface area contributed by atoms with Gasteiger partial charge in [-0.2, -0.15) is 0 Å². The largest absolute Gasteiger partial charge is 0.508 e. The number of benzene rings is 1. The van der Waals surface area contributed by atoms with E-state index >= 15 is 0 Å². The van der Waals surface area contributed by atoms with E-state index < -0.39 is 79.1 Å². The number of phenols is 1. The van der Waals surface area contributed by atoms with Gasteiger partial charge in [0, 0.05) is 12.8 Å². The second-order valence-electron chi connectivity index (χ2n) is 8.81. The average Bonchev–Trinajstić information content (AvgIpc) is 2.86. The van der Waals surface area contributed by atoms with Crippen molar-refractivity contribution in [1.29, 1.82) is 0 Å². The number of hydrogen-bond donors (Lipinski definition) is 9. The van der Waals surface area contributed by atoms with Gasteiger partial charge in [-0.3, -0.25) is 24.0 Å². The van der Waals surface area contributed by atoms with Crippen molar-refractivity contribution in [2.45, 2.75) is 69.1 Å². The van der Waals surface area contributed by atoms with Crippen molar-refractivity contribution < 1.29 is 49.2 Å². The maximum atomic E-state index is 12.9. The summed E-state index contributed by atoms with van der Waals surface area (Å²) in [7, 11) is 0. The number of unbranched alkanes of at least 4 members (excludes halogenated alkanes) is 1. The van der Waals surface area contributed by atoms with Crippen LogP contribution in [0.2, 0.25) is 0 Å². The molecule has 0 spiro atoms. The first kappa shape index (κ1) is 32.8. The molecule has 11 N–H and O–H groups in total. The van der Waals surface area contributed by atoms with E-state index in [0.717, 1.165) is 0 Å². The Labute approximate surface area is 223 Å². The van der Waals surface area contributed by atoms with Crippen molar-refractivity contribution in [2.75, 3.05) is 6.54 Å². The zero-order valence-corrected chi connectivity index (χ0v) is 21.2. The highest BCUT2D eigenvalue weighted by Gasteiger charge is 2.31. The molecule has 3 amide bonds. The quantitative estimate of drug-likeness (QED) is 0.0917. The molecule has 0 bridgehead atoms. The molecule has 0 saturated carbocycles. The number of rotatable bonds is 18. The van der Waals surface area contributed by atoms with Gasteiger partial charge < -0.3 is 47.8 Å². The summed E-state index contributed by atoms with van der Waals surface area (Å²) in [6.45, 7) is 0.385. The van der Waals surface area contributed by atoms with E-state index in [9.17, 15) is 44.1 Å². The van der Waals surface area contributed by atoms with Crippen LogP contribution in [0.15, 0.2) is 24.3 Å². The topological polar surface area (TPSA) is 271 Å². The molecule has 15 heteroatoms. The Morgan fingerprint density at radius 3 is 1.85 bits per heavy atom. The number of aliphatic carboxylic acids is 3. The number of phenolic OH excluding ortho intramolecular Hbond substituents is 1. The Morgan fingerprint density at radius 1 is 0.744 bits per heavy atom. The first-order chi connectivity index (χ1) is 18.3. The number of amides is 3. The highest BCUT2D eigenvalue weighted by Crippen LogP contribution is 2.12. The van der Waals surface area contributed by atoms with Gasteiger partial charge in [0.05, 0.1) is 12.5 Å². The molecule has 0 aliphatic heterocycles. The predicted molar refractivity (Wildman–Crippen MR) is 135 cm³/mol. The third-order valence-electron chi connectivity index (χ3n) is 5.59. The van der Waals surface area contributed by atoms with Gasteiger partial charge in [-0.1, -0.05) is 18.6 Å². The number of nitrogens with one attached hydrogen (secondary N) is 3. The van der Waals surface area contributed by atoms with Gasteiger partial charge in [0.25, 0.3) is 0 Å². The van der Waals surface area contributed by atoms with Crippen LogP contribution >= 0.6 is 0 Å². The van der Waals surface area contributed by atoms with Crippen molar-refractivity contribution >= 4 is 35.6 Å². The number of nitrogens with two attached hydrogens (primary N) is 2. The Kier molecular flexibility index (Phi) is 13.9. The number of carboxylic acid groups (broad SMARTS) is 3. The summed E-state index contributed by atoms with van der Waals surface area (Å²) in [5, 5.41) is 43.9. The Hall–Kier alpha value is -4.24. The van der Waals surface area contributed by atoms with Crippen LogP contribution in [0.1, 0.15) is 44.1 Å². The number of carbonyl (C=O) groups excluding carboxylic acids is 3. The lowest BCUT2D eigenvalue weighted by molar-refractivity contribution is -0.143. The minimum atomic E-state index is -1.65. The lowest BCUT2D eigenvalue weighted by Gasteiger charge is -2.24. The van der Waals surface area contributed by atoms with Crippen LogP contribution in [0.25, 0.3) is 0 Å². The summed E-state index contributed by atoms with van der Waals surface area (Å²) in [6.07, 6.45) is -0.746. The Balaban J connectivity index is 3.02. The summed E-state index contributed by atoms with van der Waals surface area (Å²) in [4.78, 5) is 72.4. The maximum Gasteiger partial charge on any atom is 0.326 e. The van der Waals surface area contributed by atoms with Crippen LogP contribution in [-0.4, -0.2) is 86.8 Å². The average molecular weight is 554 g/mol. The van der Waals surface area contributed by atoms with Gasteiger partial charge in [-0.05, 0) is 43.5 Å². The SMILES string of the molecule is NCCCCC(N)C(=O)NC(CC(=O)O)C(=O)NC(CCC(=O)O)C(=O)NC(Cc1ccc(O)cc1)C(=O)O. The van der Waals surface area contributed by atoms with E-state index in [1.54, 1.807) is 0 Å². The lowest BCUT2D eigenvalue weighted by atomic mass is 10.0. The van der Waals surface area contributed by atoms with Gasteiger partial charge in [0.15, 0.2) is 0 Å². The monoisotopic (exact) mass is 553 g/mol. The van der Waals surface area contributed by atoms with Gasteiger partial charge >= 0.3 is 17.9 Å². The van der Waals surface area contributed by atoms with E-state index in [1.807, 2.05) is 0 Å². The summed E-state index contributed by atoms with van der Waals surface area (Å²) in [6, 6.07) is -0.206. The minimum Gasteiger partial charge on any atom is -0.508 e. The molecule has 216 valence electrons. The number of carbonyl (C=O) groups is 6. The third-order valence-corrected chi connectivity index (χ3v) is 5.59. The molecule has 4 atom stereocenters. The number of aromatic hydroxyl groups is 1. The molecule has 0 radical (unpaired) electrons. The molecule has 1 aromatic carbocycles. The molecule has 0 saturated heterocycles. The molecule has 15 nitrogen and oxygen atoms in total. The first-order valence-corrected chi connectivity index (χ1v) is 12.1. The third kappa shape index (κ3) is 12.7. The van der Waals surface area contributed by atoms with Crippen molar-refractivity contribution in [3.05, 3.63) is 29.8 Å². The minimum absolute atomic E-state index is 0.0503. The number of hydrogen-bond acceptors (Lipinski definition) is 9. The van der Waals surface area contributed by atoms with Gasteiger partial charge in [0.1, 0.15) is 23.9 Å². The zero-order chi connectivity index (χ0) is 29.5. The van der Waals surface area contributed by atoms with E-state index in [-0.39, 0.29) is 18.6 Å². The van der Waals surface area contributed by atoms with Crippen LogP contribution in [0.3, 0.4) is 0 Å². The Bertz CT molecular complexity index is 1020. The van der Waals surface area contributed by atoms with Crippen LogP contribution in [0.4, 0.5) is 0 Å². The van der Waals surface area contributed by atoms with Gasteiger partial charge in [-0.25, -0.2) is 4.79 Å². The molecule has 1 aromatic rings. The van der Waals surface area contributed by atoms with Gasteiger partial charge in [-0.15, -0.1) is 0 Å². The molecule has 0 fully saturated rings. The fourth-order valence-corrected chi connectivity index (χ4v) is 3.45. The normalized spacial score (nSPS) is 13.8. The summed E-state index contributed by atoms with van der Waals surface area (Å²) in [5.41, 5.74) is 11.6. The van der Waals surface area contributed by atoms with E-state index in [1.165, 1.54) is 24.3 Å². The summed E-state index contributed by atoms with van der Waals surface area (Å²) >= 11 is 0. The Morgan fingerprint density at radius 2 is 1.31 bits per heavy atom. The van der Waals surface area contributed by atoms with E-state index in [2.05, 4.69) is 16.0 Å². The molecular formula is C24H35N5O10.